The fraction of sp³-hybridized carbons (Fsp3) is 0.0938. The van der Waals surface area contributed by atoms with Crippen molar-refractivity contribution in [1.29, 1.82) is 0 Å². The van der Waals surface area contributed by atoms with Crippen LogP contribution in [0, 0.1) is 13.8 Å². The van der Waals surface area contributed by atoms with E-state index in [9.17, 15) is 19.2 Å². The molecule has 10 heteroatoms. The van der Waals surface area contributed by atoms with Crippen molar-refractivity contribution in [3.05, 3.63) is 119 Å². The third-order valence-corrected chi connectivity index (χ3v) is 5.99. The second-order valence-corrected chi connectivity index (χ2v) is 9.18. The summed E-state index contributed by atoms with van der Waals surface area (Å²) in [6.45, 7) is 3.85. The third-order valence-electron chi connectivity index (χ3n) is 5.99. The number of hydrazone groups is 1. The number of carbonyl (C=O) groups excluding carboxylic acids is 4. The van der Waals surface area contributed by atoms with Crippen molar-refractivity contribution in [1.82, 2.24) is 5.43 Å². The minimum atomic E-state index is -1.05. The molecule has 4 aromatic carbocycles. The van der Waals surface area contributed by atoms with Crippen LogP contribution < -0.4 is 25.5 Å². The van der Waals surface area contributed by atoms with Gasteiger partial charge in [0.05, 0.1) is 30.1 Å². The number of nitrogens with one attached hydrogen (secondary N) is 3. The molecule has 0 saturated carbocycles. The highest BCUT2D eigenvalue weighted by Crippen LogP contribution is 2.28. The van der Waals surface area contributed by atoms with Gasteiger partial charge in [-0.15, -0.1) is 0 Å². The van der Waals surface area contributed by atoms with Gasteiger partial charge in [-0.25, -0.2) is 10.2 Å². The van der Waals surface area contributed by atoms with Crippen LogP contribution in [-0.2, 0) is 9.59 Å². The number of rotatable bonds is 8. The summed E-state index contributed by atoms with van der Waals surface area (Å²) >= 11 is 0. The summed E-state index contributed by atoms with van der Waals surface area (Å²) in [6, 6.07) is 25.2. The number of benzene rings is 4. The van der Waals surface area contributed by atoms with Crippen LogP contribution in [0.3, 0.4) is 0 Å². The Bertz CT molecular complexity index is 1650. The van der Waals surface area contributed by atoms with Gasteiger partial charge in [0, 0.05) is 5.69 Å². The fourth-order valence-electron chi connectivity index (χ4n) is 3.72. The predicted molar refractivity (Wildman–Crippen MR) is 159 cm³/mol. The van der Waals surface area contributed by atoms with Crippen LogP contribution in [0.25, 0.3) is 0 Å². The van der Waals surface area contributed by atoms with Gasteiger partial charge in [0.25, 0.3) is 5.91 Å². The maximum atomic E-state index is 12.8. The van der Waals surface area contributed by atoms with Crippen molar-refractivity contribution in [3.63, 3.8) is 0 Å². The average molecular weight is 565 g/mol. The van der Waals surface area contributed by atoms with Gasteiger partial charge < -0.3 is 20.1 Å². The quantitative estimate of drug-likeness (QED) is 0.0919. The first-order valence-electron chi connectivity index (χ1n) is 12.8. The lowest BCUT2D eigenvalue weighted by molar-refractivity contribution is -0.136. The molecule has 0 aromatic heterocycles. The third kappa shape index (κ3) is 7.66. The largest absolute Gasteiger partial charge is 0.493 e. The topological polar surface area (TPSA) is 135 Å². The van der Waals surface area contributed by atoms with Crippen molar-refractivity contribution in [2.24, 2.45) is 5.10 Å². The van der Waals surface area contributed by atoms with E-state index in [4.69, 9.17) is 9.47 Å². The standard InChI is InChI=1S/C32H28N4O6/c1-20-8-13-23(14-9-20)32(40)42-27-17-12-22(18-28(27)41-3)19-33-36-31(39)30(38)35-26-7-5-4-6-25(26)29(37)34-24-15-10-21(2)11-16-24/h4-19H,1-3H3,(H,34,37)(H,35,38)(H,36,39)/b33-19+. The Kier molecular flexibility index (Phi) is 9.41. The van der Waals surface area contributed by atoms with Crippen LogP contribution in [-0.4, -0.2) is 37.0 Å². The second-order valence-electron chi connectivity index (χ2n) is 9.18. The summed E-state index contributed by atoms with van der Waals surface area (Å²) in [4.78, 5) is 50.1. The molecule has 4 rings (SSSR count). The Labute approximate surface area is 242 Å². The summed E-state index contributed by atoms with van der Waals surface area (Å²) in [7, 11) is 1.42. The van der Waals surface area contributed by atoms with E-state index in [1.54, 1.807) is 48.5 Å². The molecule has 212 valence electrons. The van der Waals surface area contributed by atoms with Gasteiger partial charge in [-0.3, -0.25) is 14.4 Å². The molecular formula is C32H28N4O6. The molecule has 4 aromatic rings. The van der Waals surface area contributed by atoms with Crippen LogP contribution in [0.15, 0.2) is 96.1 Å². The summed E-state index contributed by atoms with van der Waals surface area (Å²) in [5, 5.41) is 9.02. The number of anilines is 2. The van der Waals surface area contributed by atoms with E-state index in [2.05, 4.69) is 21.2 Å². The number of carbonyl (C=O) groups is 4. The molecule has 0 atom stereocenters. The van der Waals surface area contributed by atoms with Crippen molar-refractivity contribution >= 4 is 41.3 Å². The zero-order valence-electron chi connectivity index (χ0n) is 23.1. The Morgan fingerprint density at radius 2 is 1.40 bits per heavy atom. The van der Waals surface area contributed by atoms with Crippen LogP contribution in [0.5, 0.6) is 11.5 Å². The van der Waals surface area contributed by atoms with Crippen molar-refractivity contribution in [2.75, 3.05) is 17.7 Å². The second kappa shape index (κ2) is 13.5. The zero-order chi connectivity index (χ0) is 30.1. The fourth-order valence-corrected chi connectivity index (χ4v) is 3.72. The molecular weight excluding hydrogens is 536 g/mol. The van der Waals surface area contributed by atoms with E-state index < -0.39 is 23.7 Å². The lowest BCUT2D eigenvalue weighted by Crippen LogP contribution is -2.33. The zero-order valence-corrected chi connectivity index (χ0v) is 23.1. The molecule has 0 spiro atoms. The van der Waals surface area contributed by atoms with Crippen molar-refractivity contribution in [2.45, 2.75) is 13.8 Å². The highest BCUT2D eigenvalue weighted by atomic mass is 16.6. The number of ether oxygens (including phenoxy) is 2. The summed E-state index contributed by atoms with van der Waals surface area (Å²) < 4.78 is 10.8. The molecule has 42 heavy (non-hydrogen) atoms. The smallest absolute Gasteiger partial charge is 0.343 e. The number of methoxy groups -OCH3 is 1. The molecule has 0 aliphatic heterocycles. The molecule has 0 unspecified atom stereocenters. The first kappa shape index (κ1) is 29.2. The number of aryl methyl sites for hydroxylation is 2. The van der Waals surface area contributed by atoms with Gasteiger partial charge in [-0.1, -0.05) is 47.5 Å². The number of nitrogens with zero attached hydrogens (tertiary/aromatic N) is 1. The number of hydrogen-bond donors (Lipinski definition) is 3. The molecule has 3 N–H and O–H groups in total. The first-order valence-corrected chi connectivity index (χ1v) is 12.8. The molecule has 0 radical (unpaired) electrons. The van der Waals surface area contributed by atoms with Crippen molar-refractivity contribution in [3.8, 4) is 11.5 Å². The maximum absolute atomic E-state index is 12.8. The van der Waals surface area contributed by atoms with Gasteiger partial charge in [0.15, 0.2) is 11.5 Å². The summed E-state index contributed by atoms with van der Waals surface area (Å²) in [5.41, 5.74) is 6.03. The minimum Gasteiger partial charge on any atom is -0.493 e. The molecule has 0 bridgehead atoms. The molecule has 0 fully saturated rings. The van der Waals surface area contributed by atoms with Gasteiger partial charge in [-0.05, 0) is 74.0 Å². The molecule has 0 aliphatic rings. The maximum Gasteiger partial charge on any atom is 0.343 e. The van der Waals surface area contributed by atoms with Gasteiger partial charge in [0.2, 0.25) is 0 Å². The first-order chi connectivity index (χ1) is 20.2. The minimum absolute atomic E-state index is 0.159. The van der Waals surface area contributed by atoms with E-state index in [1.807, 2.05) is 38.1 Å². The van der Waals surface area contributed by atoms with Gasteiger partial charge >= 0.3 is 17.8 Å². The molecule has 0 saturated heterocycles. The molecule has 0 aliphatic carbocycles. The predicted octanol–water partition coefficient (Wildman–Crippen LogP) is 4.87. The SMILES string of the molecule is COc1cc(/C=N/NC(=O)C(=O)Nc2ccccc2C(=O)Nc2ccc(C)cc2)ccc1OC(=O)c1ccc(C)cc1. The van der Waals surface area contributed by atoms with E-state index >= 15 is 0 Å². The van der Waals surface area contributed by atoms with Crippen LogP contribution in [0.2, 0.25) is 0 Å². The number of para-hydroxylation sites is 1. The van der Waals surface area contributed by atoms with Gasteiger partial charge in [0.1, 0.15) is 0 Å². The number of esters is 1. The number of amides is 3. The van der Waals surface area contributed by atoms with E-state index in [0.717, 1.165) is 11.1 Å². The van der Waals surface area contributed by atoms with E-state index in [-0.39, 0.29) is 22.7 Å². The number of hydrogen-bond acceptors (Lipinski definition) is 7. The van der Waals surface area contributed by atoms with Gasteiger partial charge in [-0.2, -0.15) is 5.10 Å². The Morgan fingerprint density at radius 3 is 2.10 bits per heavy atom. The summed E-state index contributed by atoms with van der Waals surface area (Å²) in [5.74, 6) is -2.58. The average Bonchev–Trinajstić information content (AvgIpc) is 2.99. The van der Waals surface area contributed by atoms with Crippen molar-refractivity contribution < 1.29 is 28.7 Å². The lowest BCUT2D eigenvalue weighted by Gasteiger charge is -2.11. The van der Waals surface area contributed by atoms with Crippen LogP contribution in [0.1, 0.15) is 37.4 Å². The highest BCUT2D eigenvalue weighted by molar-refractivity contribution is 6.40. The van der Waals surface area contributed by atoms with Crippen LogP contribution >= 0.6 is 0 Å². The Balaban J connectivity index is 1.35. The highest BCUT2D eigenvalue weighted by Gasteiger charge is 2.18. The normalized spacial score (nSPS) is 10.5. The lowest BCUT2D eigenvalue weighted by atomic mass is 10.1. The van der Waals surface area contributed by atoms with Crippen LogP contribution in [0.4, 0.5) is 11.4 Å². The Hall–Kier alpha value is -5.77. The summed E-state index contributed by atoms with van der Waals surface area (Å²) in [6.07, 6.45) is 1.29. The van der Waals surface area contributed by atoms with E-state index in [1.165, 1.54) is 31.5 Å². The van der Waals surface area contributed by atoms with E-state index in [0.29, 0.717) is 16.8 Å². The molecule has 0 heterocycles. The molecule has 10 nitrogen and oxygen atoms in total. The Morgan fingerprint density at radius 1 is 0.738 bits per heavy atom. The monoisotopic (exact) mass is 564 g/mol. The molecule has 3 amide bonds.